The molecule has 0 radical (unpaired) electrons. The van der Waals surface area contributed by atoms with Gasteiger partial charge in [-0.25, -0.2) is 4.79 Å². The smallest absolute Gasteiger partial charge is 0.407 e. The van der Waals surface area contributed by atoms with Crippen LogP contribution >= 0.6 is 0 Å². The lowest BCUT2D eigenvalue weighted by molar-refractivity contribution is 0.0764. The zero-order valence-electron chi connectivity index (χ0n) is 11.0. The number of amides is 1. The van der Waals surface area contributed by atoms with Crippen molar-refractivity contribution in [1.82, 2.24) is 5.32 Å². The lowest BCUT2D eigenvalue weighted by Gasteiger charge is -2.09. The monoisotopic (exact) mass is 251 g/mol. The molecule has 100 valence electrons. The topological polar surface area (TPSA) is 47.6 Å². The summed E-state index contributed by atoms with van der Waals surface area (Å²) in [5.41, 5.74) is 0.982. The molecule has 0 saturated carbocycles. The number of ether oxygens (including phenoxy) is 2. The summed E-state index contributed by atoms with van der Waals surface area (Å²) in [7, 11) is 0. The Hall–Kier alpha value is -1.55. The number of alkyl carbamates (subject to hydrolysis) is 1. The molecule has 0 bridgehead atoms. The van der Waals surface area contributed by atoms with Crippen molar-refractivity contribution >= 4 is 6.09 Å². The maximum Gasteiger partial charge on any atom is 0.407 e. The average molecular weight is 251 g/mol. The quantitative estimate of drug-likeness (QED) is 0.758. The Morgan fingerprint density at radius 2 is 2.00 bits per heavy atom. The van der Waals surface area contributed by atoms with Gasteiger partial charge in [-0.05, 0) is 25.8 Å². The number of carbonyl (C=O) groups is 1. The van der Waals surface area contributed by atoms with Crippen molar-refractivity contribution < 1.29 is 14.3 Å². The molecule has 0 unspecified atom stereocenters. The van der Waals surface area contributed by atoms with Crippen LogP contribution in [0.25, 0.3) is 0 Å². The maximum absolute atomic E-state index is 11.3. The van der Waals surface area contributed by atoms with E-state index in [2.05, 4.69) is 5.32 Å². The van der Waals surface area contributed by atoms with Crippen LogP contribution in [0.4, 0.5) is 4.79 Å². The van der Waals surface area contributed by atoms with Crippen LogP contribution in [0.2, 0.25) is 0 Å². The summed E-state index contributed by atoms with van der Waals surface area (Å²) < 4.78 is 10.4. The highest BCUT2D eigenvalue weighted by molar-refractivity contribution is 5.67. The highest BCUT2D eigenvalue weighted by atomic mass is 16.5. The van der Waals surface area contributed by atoms with Gasteiger partial charge in [-0.15, -0.1) is 0 Å². The first-order valence-electron chi connectivity index (χ1n) is 6.24. The standard InChI is InChI=1S/C14H21NO3/c1-12(2)17-10-6-9-15-14(16)18-11-13-7-4-3-5-8-13/h3-5,7-8,12H,6,9-11H2,1-2H3,(H,15,16). The van der Waals surface area contributed by atoms with Crippen LogP contribution in [0, 0.1) is 0 Å². The van der Waals surface area contributed by atoms with Crippen LogP contribution in [0.15, 0.2) is 30.3 Å². The van der Waals surface area contributed by atoms with Gasteiger partial charge < -0.3 is 14.8 Å². The van der Waals surface area contributed by atoms with E-state index in [1.165, 1.54) is 0 Å². The van der Waals surface area contributed by atoms with Gasteiger partial charge in [0, 0.05) is 13.2 Å². The minimum atomic E-state index is -0.386. The van der Waals surface area contributed by atoms with Crippen LogP contribution in [0.5, 0.6) is 0 Å². The van der Waals surface area contributed by atoms with E-state index in [1.807, 2.05) is 44.2 Å². The molecule has 0 heterocycles. The zero-order valence-corrected chi connectivity index (χ0v) is 11.0. The van der Waals surface area contributed by atoms with E-state index in [0.29, 0.717) is 19.8 Å². The molecular formula is C14H21NO3. The molecule has 0 atom stereocenters. The molecule has 0 aliphatic carbocycles. The summed E-state index contributed by atoms with van der Waals surface area (Å²) in [6.45, 7) is 5.50. The fourth-order valence-electron chi connectivity index (χ4n) is 1.36. The predicted octanol–water partition coefficient (Wildman–Crippen LogP) is 2.73. The normalized spacial score (nSPS) is 10.4. The number of hydrogen-bond donors (Lipinski definition) is 1. The van der Waals surface area contributed by atoms with Crippen molar-refractivity contribution in [3.8, 4) is 0 Å². The van der Waals surface area contributed by atoms with Crippen molar-refractivity contribution in [3.63, 3.8) is 0 Å². The van der Waals surface area contributed by atoms with Gasteiger partial charge in [-0.1, -0.05) is 30.3 Å². The first-order chi connectivity index (χ1) is 8.68. The van der Waals surface area contributed by atoms with Gasteiger partial charge in [-0.2, -0.15) is 0 Å². The molecule has 1 N–H and O–H groups in total. The molecule has 1 aromatic carbocycles. The Kier molecular flexibility index (Phi) is 6.87. The third-order valence-corrected chi connectivity index (χ3v) is 2.25. The van der Waals surface area contributed by atoms with Crippen LogP contribution < -0.4 is 5.32 Å². The van der Waals surface area contributed by atoms with E-state index in [4.69, 9.17) is 9.47 Å². The third-order valence-electron chi connectivity index (χ3n) is 2.25. The van der Waals surface area contributed by atoms with E-state index in [1.54, 1.807) is 0 Å². The number of carbonyl (C=O) groups excluding carboxylic acids is 1. The van der Waals surface area contributed by atoms with E-state index in [-0.39, 0.29) is 12.2 Å². The highest BCUT2D eigenvalue weighted by Crippen LogP contribution is 2.00. The fourth-order valence-corrected chi connectivity index (χ4v) is 1.36. The molecule has 1 rings (SSSR count). The Morgan fingerprint density at radius 1 is 1.28 bits per heavy atom. The molecule has 0 fully saturated rings. The summed E-state index contributed by atoms with van der Waals surface area (Å²) in [4.78, 5) is 11.3. The average Bonchev–Trinajstić information content (AvgIpc) is 2.37. The van der Waals surface area contributed by atoms with E-state index in [0.717, 1.165) is 12.0 Å². The predicted molar refractivity (Wildman–Crippen MR) is 70.3 cm³/mol. The van der Waals surface area contributed by atoms with Gasteiger partial charge in [0.05, 0.1) is 6.10 Å². The molecule has 0 aliphatic rings. The lowest BCUT2D eigenvalue weighted by Crippen LogP contribution is -2.26. The SMILES string of the molecule is CC(C)OCCCNC(=O)OCc1ccccc1. The third kappa shape index (κ3) is 6.91. The summed E-state index contributed by atoms with van der Waals surface area (Å²) in [6, 6.07) is 9.60. The molecule has 0 aliphatic heterocycles. The molecule has 1 aromatic rings. The Labute approximate surface area is 108 Å². The molecule has 0 saturated heterocycles. The van der Waals surface area contributed by atoms with Gasteiger partial charge in [-0.3, -0.25) is 0 Å². The fraction of sp³-hybridized carbons (Fsp3) is 0.500. The second-order valence-electron chi connectivity index (χ2n) is 4.26. The van der Waals surface area contributed by atoms with Gasteiger partial charge in [0.15, 0.2) is 0 Å². The van der Waals surface area contributed by atoms with Crippen LogP contribution in [-0.2, 0) is 16.1 Å². The molecule has 4 heteroatoms. The van der Waals surface area contributed by atoms with Crippen LogP contribution in [-0.4, -0.2) is 25.3 Å². The molecule has 0 spiro atoms. The Bertz CT molecular complexity index is 338. The highest BCUT2D eigenvalue weighted by Gasteiger charge is 2.01. The van der Waals surface area contributed by atoms with E-state index < -0.39 is 0 Å². The van der Waals surface area contributed by atoms with E-state index in [9.17, 15) is 4.79 Å². The minimum Gasteiger partial charge on any atom is -0.445 e. The molecule has 4 nitrogen and oxygen atoms in total. The lowest BCUT2D eigenvalue weighted by atomic mass is 10.2. The summed E-state index contributed by atoms with van der Waals surface area (Å²) >= 11 is 0. The van der Waals surface area contributed by atoms with Gasteiger partial charge in [0.25, 0.3) is 0 Å². The van der Waals surface area contributed by atoms with Crippen LogP contribution in [0.3, 0.4) is 0 Å². The number of rotatable bonds is 7. The Balaban J connectivity index is 2.04. The molecule has 0 aromatic heterocycles. The second-order valence-corrected chi connectivity index (χ2v) is 4.26. The summed E-state index contributed by atoms with van der Waals surface area (Å²) in [5.74, 6) is 0. The summed E-state index contributed by atoms with van der Waals surface area (Å²) in [5, 5.41) is 2.69. The first kappa shape index (κ1) is 14.5. The van der Waals surface area contributed by atoms with Crippen molar-refractivity contribution in [1.29, 1.82) is 0 Å². The minimum absolute atomic E-state index is 0.232. The van der Waals surface area contributed by atoms with Crippen LogP contribution in [0.1, 0.15) is 25.8 Å². The van der Waals surface area contributed by atoms with Gasteiger partial charge in [0.2, 0.25) is 0 Å². The van der Waals surface area contributed by atoms with Gasteiger partial charge in [0.1, 0.15) is 6.61 Å². The van der Waals surface area contributed by atoms with Crippen molar-refractivity contribution in [2.45, 2.75) is 33.0 Å². The number of benzene rings is 1. The Morgan fingerprint density at radius 3 is 2.67 bits per heavy atom. The first-order valence-corrected chi connectivity index (χ1v) is 6.24. The molecular weight excluding hydrogens is 230 g/mol. The summed E-state index contributed by atoms with van der Waals surface area (Å²) in [6.07, 6.45) is 0.636. The van der Waals surface area contributed by atoms with Gasteiger partial charge >= 0.3 is 6.09 Å². The van der Waals surface area contributed by atoms with Crippen molar-refractivity contribution in [2.24, 2.45) is 0 Å². The second kappa shape index (κ2) is 8.53. The van der Waals surface area contributed by atoms with Crippen molar-refractivity contribution in [3.05, 3.63) is 35.9 Å². The number of nitrogens with one attached hydrogen (secondary N) is 1. The van der Waals surface area contributed by atoms with E-state index >= 15 is 0 Å². The largest absolute Gasteiger partial charge is 0.445 e. The zero-order chi connectivity index (χ0) is 13.2. The molecule has 18 heavy (non-hydrogen) atoms. The maximum atomic E-state index is 11.3. The number of hydrogen-bond acceptors (Lipinski definition) is 3. The molecule has 1 amide bonds. The van der Waals surface area contributed by atoms with Crippen molar-refractivity contribution in [2.75, 3.05) is 13.2 Å².